The van der Waals surface area contributed by atoms with E-state index in [2.05, 4.69) is 15.1 Å². The maximum absolute atomic E-state index is 6.22. The van der Waals surface area contributed by atoms with Crippen LogP contribution < -0.4 is 5.73 Å². The molecule has 24 heavy (non-hydrogen) atoms. The molecular weight excluding hydrogens is 322 g/mol. The van der Waals surface area contributed by atoms with Gasteiger partial charge in [-0.15, -0.1) is 0 Å². The third-order valence-electron chi connectivity index (χ3n) is 3.78. The zero-order valence-electron chi connectivity index (χ0n) is 12.7. The summed E-state index contributed by atoms with van der Waals surface area (Å²) in [5, 5.41) is 5.97. The molecule has 0 saturated carbocycles. The Bertz CT molecular complexity index is 1010. The molecule has 0 fully saturated rings. The summed E-state index contributed by atoms with van der Waals surface area (Å²) in [5.41, 5.74) is 8.57. The molecule has 0 amide bonds. The van der Waals surface area contributed by atoms with Crippen molar-refractivity contribution >= 4 is 28.5 Å². The van der Waals surface area contributed by atoms with Crippen LogP contribution in [0.2, 0.25) is 5.02 Å². The van der Waals surface area contributed by atoms with Crippen molar-refractivity contribution in [3.63, 3.8) is 0 Å². The van der Waals surface area contributed by atoms with Gasteiger partial charge in [-0.3, -0.25) is 4.68 Å². The van der Waals surface area contributed by atoms with Gasteiger partial charge in [-0.2, -0.15) is 5.10 Å². The molecule has 0 aliphatic heterocycles. The highest BCUT2D eigenvalue weighted by Gasteiger charge is 2.11. The van der Waals surface area contributed by atoms with Gasteiger partial charge in [0.05, 0.1) is 11.9 Å². The number of fused-ring (bicyclic) bond motifs is 1. The summed E-state index contributed by atoms with van der Waals surface area (Å²) in [5.74, 6) is 0.993. The first-order valence-corrected chi connectivity index (χ1v) is 7.88. The predicted octanol–water partition coefficient (Wildman–Crippen LogP) is 3.78. The van der Waals surface area contributed by atoms with Gasteiger partial charge in [-0.05, 0) is 11.6 Å². The van der Waals surface area contributed by atoms with Crippen LogP contribution in [-0.4, -0.2) is 19.7 Å². The largest absolute Gasteiger partial charge is 0.383 e. The summed E-state index contributed by atoms with van der Waals surface area (Å²) in [6.07, 6.45) is 1.85. The van der Waals surface area contributed by atoms with Gasteiger partial charge in [0.15, 0.2) is 11.5 Å². The maximum atomic E-state index is 6.22. The van der Waals surface area contributed by atoms with Crippen molar-refractivity contribution in [1.29, 1.82) is 0 Å². The van der Waals surface area contributed by atoms with Gasteiger partial charge in [0.2, 0.25) is 0 Å². The van der Waals surface area contributed by atoms with Gasteiger partial charge < -0.3 is 5.73 Å². The molecule has 0 unspecified atom stereocenters. The van der Waals surface area contributed by atoms with Gasteiger partial charge in [0, 0.05) is 16.8 Å². The van der Waals surface area contributed by atoms with E-state index < -0.39 is 0 Å². The molecule has 6 heteroatoms. The Morgan fingerprint density at radius 2 is 1.71 bits per heavy atom. The number of anilines is 1. The van der Waals surface area contributed by atoms with Crippen LogP contribution in [0.1, 0.15) is 5.56 Å². The smallest absolute Gasteiger partial charge is 0.186 e. The van der Waals surface area contributed by atoms with E-state index in [-0.39, 0.29) is 0 Å². The van der Waals surface area contributed by atoms with Crippen molar-refractivity contribution in [1.82, 2.24) is 19.7 Å². The highest BCUT2D eigenvalue weighted by Crippen LogP contribution is 2.23. The quantitative estimate of drug-likeness (QED) is 0.618. The van der Waals surface area contributed by atoms with Gasteiger partial charge in [0.25, 0.3) is 0 Å². The molecule has 0 radical (unpaired) electrons. The second-order valence-electron chi connectivity index (χ2n) is 5.45. The van der Waals surface area contributed by atoms with E-state index in [9.17, 15) is 0 Å². The number of hydrogen-bond donors (Lipinski definition) is 1. The van der Waals surface area contributed by atoms with Gasteiger partial charge in [-0.25, -0.2) is 9.97 Å². The van der Waals surface area contributed by atoms with Crippen LogP contribution >= 0.6 is 11.6 Å². The Morgan fingerprint density at radius 1 is 0.958 bits per heavy atom. The number of halogens is 1. The summed E-state index contributed by atoms with van der Waals surface area (Å²) in [6.45, 7) is 0.552. The van der Waals surface area contributed by atoms with Gasteiger partial charge in [0.1, 0.15) is 5.82 Å². The number of nitrogens with two attached hydrogens (primary N) is 1. The summed E-state index contributed by atoms with van der Waals surface area (Å²) in [4.78, 5) is 8.93. The highest BCUT2D eigenvalue weighted by molar-refractivity contribution is 6.31. The minimum Gasteiger partial charge on any atom is -0.383 e. The number of aromatic nitrogens is 4. The standard InChI is InChI=1S/C18H14ClN5/c19-15-9-5-4-8-13(15)10-24-11-14-16(20)21-17(22-18(14)23-24)12-6-2-1-3-7-12/h1-9,11H,10H2,(H2,20,21,22,23). The molecule has 5 nitrogen and oxygen atoms in total. The fourth-order valence-electron chi connectivity index (χ4n) is 2.57. The molecule has 4 rings (SSSR count). The summed E-state index contributed by atoms with van der Waals surface area (Å²) < 4.78 is 1.78. The molecule has 118 valence electrons. The molecule has 4 aromatic rings. The van der Waals surface area contributed by atoms with E-state index >= 15 is 0 Å². The Kier molecular flexibility index (Phi) is 3.63. The lowest BCUT2D eigenvalue weighted by Crippen LogP contribution is -2.00. The fraction of sp³-hybridized carbons (Fsp3) is 0.0556. The van der Waals surface area contributed by atoms with Crippen molar-refractivity contribution < 1.29 is 0 Å². The van der Waals surface area contributed by atoms with Crippen LogP contribution in [0.15, 0.2) is 60.8 Å². The Balaban J connectivity index is 1.76. The van der Waals surface area contributed by atoms with Gasteiger partial charge >= 0.3 is 0 Å². The molecule has 2 aromatic heterocycles. The maximum Gasteiger partial charge on any atom is 0.186 e. The summed E-state index contributed by atoms with van der Waals surface area (Å²) in [6, 6.07) is 17.4. The molecular formula is C18H14ClN5. The highest BCUT2D eigenvalue weighted by atomic mass is 35.5. The van der Waals surface area contributed by atoms with E-state index in [0.717, 1.165) is 16.5 Å². The number of hydrogen-bond acceptors (Lipinski definition) is 4. The fourth-order valence-corrected chi connectivity index (χ4v) is 2.77. The predicted molar refractivity (Wildman–Crippen MR) is 95.7 cm³/mol. The monoisotopic (exact) mass is 335 g/mol. The van der Waals surface area contributed by atoms with Crippen LogP contribution in [0, 0.1) is 0 Å². The number of nitrogens with zero attached hydrogens (tertiary/aromatic N) is 4. The number of rotatable bonds is 3. The first kappa shape index (κ1) is 14.7. The van der Waals surface area contributed by atoms with Crippen molar-refractivity contribution in [3.8, 4) is 11.4 Å². The van der Waals surface area contributed by atoms with E-state index in [4.69, 9.17) is 17.3 Å². The third kappa shape index (κ3) is 2.70. The van der Waals surface area contributed by atoms with Crippen LogP contribution in [-0.2, 0) is 6.54 Å². The summed E-state index contributed by atoms with van der Waals surface area (Å²) in [7, 11) is 0. The van der Waals surface area contributed by atoms with Crippen molar-refractivity contribution in [2.75, 3.05) is 5.73 Å². The van der Waals surface area contributed by atoms with Crippen molar-refractivity contribution in [2.45, 2.75) is 6.54 Å². The first-order valence-electron chi connectivity index (χ1n) is 7.50. The molecule has 0 saturated heterocycles. The molecule has 2 N–H and O–H groups in total. The van der Waals surface area contributed by atoms with Crippen LogP contribution in [0.25, 0.3) is 22.4 Å². The molecule has 2 heterocycles. The van der Waals surface area contributed by atoms with Crippen LogP contribution in [0.3, 0.4) is 0 Å². The molecule has 0 aliphatic rings. The minimum atomic E-state index is 0.421. The second kappa shape index (κ2) is 5.94. The average Bonchev–Trinajstić information content (AvgIpc) is 3.01. The Morgan fingerprint density at radius 3 is 2.50 bits per heavy atom. The van der Waals surface area contributed by atoms with Crippen molar-refractivity contribution in [3.05, 3.63) is 71.4 Å². The zero-order chi connectivity index (χ0) is 16.5. The van der Waals surface area contributed by atoms with E-state index in [1.165, 1.54) is 0 Å². The summed E-state index contributed by atoms with van der Waals surface area (Å²) >= 11 is 6.22. The molecule has 0 aliphatic carbocycles. The lowest BCUT2D eigenvalue weighted by atomic mass is 10.2. The minimum absolute atomic E-state index is 0.421. The van der Waals surface area contributed by atoms with E-state index in [1.54, 1.807) is 4.68 Å². The van der Waals surface area contributed by atoms with E-state index in [0.29, 0.717) is 28.9 Å². The molecule has 0 atom stereocenters. The Hall–Kier alpha value is -2.92. The topological polar surface area (TPSA) is 69.6 Å². The first-order chi connectivity index (χ1) is 11.7. The van der Waals surface area contributed by atoms with Crippen molar-refractivity contribution in [2.24, 2.45) is 0 Å². The molecule has 2 aromatic carbocycles. The normalized spacial score (nSPS) is 11.0. The molecule has 0 spiro atoms. The number of nitrogen functional groups attached to an aromatic ring is 1. The SMILES string of the molecule is Nc1nc(-c2ccccc2)nc2nn(Cc3ccccc3Cl)cc12. The average molecular weight is 336 g/mol. The zero-order valence-corrected chi connectivity index (χ0v) is 13.5. The molecule has 0 bridgehead atoms. The third-order valence-corrected chi connectivity index (χ3v) is 4.15. The van der Waals surface area contributed by atoms with Crippen LogP contribution in [0.5, 0.6) is 0 Å². The lowest BCUT2D eigenvalue weighted by Gasteiger charge is -2.03. The van der Waals surface area contributed by atoms with Crippen LogP contribution in [0.4, 0.5) is 5.82 Å². The second-order valence-corrected chi connectivity index (χ2v) is 5.86. The van der Waals surface area contributed by atoms with E-state index in [1.807, 2.05) is 60.8 Å². The van der Waals surface area contributed by atoms with Gasteiger partial charge in [-0.1, -0.05) is 60.1 Å². The number of benzene rings is 2. The Labute approximate surface area is 143 Å². The lowest BCUT2D eigenvalue weighted by molar-refractivity contribution is 0.693.